The number of ether oxygens (including phenoxy) is 2. The number of hydrogen-bond donors (Lipinski definition) is 1. The second kappa shape index (κ2) is 9.73. The van der Waals surface area contributed by atoms with E-state index >= 15 is 0 Å². The molecule has 0 radical (unpaired) electrons. The predicted octanol–water partition coefficient (Wildman–Crippen LogP) is 2.18. The van der Waals surface area contributed by atoms with Gasteiger partial charge in [-0.1, -0.05) is 17.7 Å². The molecule has 1 N–H and O–H groups in total. The van der Waals surface area contributed by atoms with Gasteiger partial charge in [-0.05, 0) is 24.6 Å². The zero-order chi connectivity index (χ0) is 15.7. The van der Waals surface area contributed by atoms with E-state index in [4.69, 9.17) is 21.1 Å². The van der Waals surface area contributed by atoms with E-state index < -0.39 is 0 Å². The summed E-state index contributed by atoms with van der Waals surface area (Å²) in [5.74, 6) is -0.0763. The third-order valence-corrected chi connectivity index (χ3v) is 3.54. The van der Waals surface area contributed by atoms with Crippen molar-refractivity contribution in [3.8, 4) is 0 Å². The topological polar surface area (TPSA) is 50.8 Å². The van der Waals surface area contributed by atoms with Gasteiger partial charge in [0.25, 0.3) is 0 Å². The Labute approximate surface area is 131 Å². The van der Waals surface area contributed by atoms with Crippen LogP contribution in [0.5, 0.6) is 0 Å². The van der Waals surface area contributed by atoms with Crippen LogP contribution in [0.2, 0.25) is 5.02 Å². The zero-order valence-electron chi connectivity index (χ0n) is 12.8. The van der Waals surface area contributed by atoms with Gasteiger partial charge >= 0.3 is 0 Å². The molecule has 0 aliphatic carbocycles. The fraction of sp³-hybridized carbons (Fsp3) is 0.533. The number of rotatable bonds is 9. The quantitative estimate of drug-likeness (QED) is 0.759. The molecule has 0 fully saturated rings. The number of hydrogen-bond acceptors (Lipinski definition) is 4. The summed E-state index contributed by atoms with van der Waals surface area (Å²) in [5, 5.41) is 3.53. The Morgan fingerprint density at radius 3 is 2.43 bits per heavy atom. The molecule has 0 spiro atoms. The first kappa shape index (κ1) is 17.9. The van der Waals surface area contributed by atoms with Crippen LogP contribution >= 0.6 is 11.6 Å². The standard InChI is InChI=1S/C15H23ClN2O3/c1-12-13(16)5-4-6-14(12)17-15(19)11-18(7-9-20-2)8-10-21-3/h4-6H,7-11H2,1-3H3,(H,17,19). The molecule has 1 rings (SSSR count). The van der Waals surface area contributed by atoms with Crippen LogP contribution in [0.3, 0.4) is 0 Å². The molecule has 1 aromatic carbocycles. The maximum Gasteiger partial charge on any atom is 0.238 e. The van der Waals surface area contributed by atoms with Crippen LogP contribution in [-0.4, -0.2) is 57.9 Å². The summed E-state index contributed by atoms with van der Waals surface area (Å²) in [6, 6.07) is 5.46. The van der Waals surface area contributed by atoms with Crippen molar-refractivity contribution in [3.05, 3.63) is 28.8 Å². The molecule has 0 aliphatic rings. The molecule has 0 saturated heterocycles. The minimum absolute atomic E-state index is 0.0763. The van der Waals surface area contributed by atoms with Crippen molar-refractivity contribution in [2.24, 2.45) is 0 Å². The van der Waals surface area contributed by atoms with Gasteiger partial charge in [0.2, 0.25) is 5.91 Å². The number of nitrogens with zero attached hydrogens (tertiary/aromatic N) is 1. The number of anilines is 1. The first-order valence-corrected chi connectivity index (χ1v) is 7.21. The van der Waals surface area contributed by atoms with Gasteiger partial charge in [-0.25, -0.2) is 0 Å². The Morgan fingerprint density at radius 1 is 1.24 bits per heavy atom. The third kappa shape index (κ3) is 6.44. The summed E-state index contributed by atoms with van der Waals surface area (Å²) in [5.41, 5.74) is 1.61. The summed E-state index contributed by atoms with van der Waals surface area (Å²) in [4.78, 5) is 14.1. The predicted molar refractivity (Wildman–Crippen MR) is 85.0 cm³/mol. The Bertz CT molecular complexity index is 447. The molecule has 0 unspecified atom stereocenters. The minimum atomic E-state index is -0.0763. The number of benzene rings is 1. The summed E-state index contributed by atoms with van der Waals surface area (Å²) < 4.78 is 10.1. The zero-order valence-corrected chi connectivity index (χ0v) is 13.6. The molecular formula is C15H23ClN2O3. The van der Waals surface area contributed by atoms with Gasteiger partial charge in [0.1, 0.15) is 0 Å². The van der Waals surface area contributed by atoms with Gasteiger partial charge < -0.3 is 14.8 Å². The lowest BCUT2D eigenvalue weighted by Crippen LogP contribution is -2.37. The van der Waals surface area contributed by atoms with Crippen molar-refractivity contribution < 1.29 is 14.3 Å². The summed E-state index contributed by atoms with van der Waals surface area (Å²) in [7, 11) is 3.29. The van der Waals surface area contributed by atoms with E-state index in [1.807, 2.05) is 24.0 Å². The average Bonchev–Trinajstić information content (AvgIpc) is 2.46. The van der Waals surface area contributed by atoms with Crippen molar-refractivity contribution >= 4 is 23.2 Å². The van der Waals surface area contributed by atoms with Crippen LogP contribution in [-0.2, 0) is 14.3 Å². The van der Waals surface area contributed by atoms with E-state index in [-0.39, 0.29) is 5.91 Å². The van der Waals surface area contributed by atoms with E-state index in [1.54, 1.807) is 20.3 Å². The maximum atomic E-state index is 12.1. The molecule has 0 aliphatic heterocycles. The van der Waals surface area contributed by atoms with Crippen LogP contribution in [0.1, 0.15) is 5.56 Å². The van der Waals surface area contributed by atoms with Crippen LogP contribution in [0.15, 0.2) is 18.2 Å². The molecule has 1 aromatic rings. The minimum Gasteiger partial charge on any atom is -0.383 e. The van der Waals surface area contributed by atoms with Crippen molar-refractivity contribution in [3.63, 3.8) is 0 Å². The second-order valence-corrected chi connectivity index (χ2v) is 5.13. The number of nitrogens with one attached hydrogen (secondary N) is 1. The molecule has 118 valence electrons. The Kier molecular flexibility index (Phi) is 8.30. The number of halogens is 1. The van der Waals surface area contributed by atoms with Gasteiger partial charge in [-0.2, -0.15) is 0 Å². The summed E-state index contributed by atoms with van der Waals surface area (Å²) in [6.07, 6.45) is 0. The van der Waals surface area contributed by atoms with Crippen molar-refractivity contribution in [1.29, 1.82) is 0 Å². The number of methoxy groups -OCH3 is 2. The maximum absolute atomic E-state index is 12.1. The molecule has 21 heavy (non-hydrogen) atoms. The highest BCUT2D eigenvalue weighted by atomic mass is 35.5. The van der Waals surface area contributed by atoms with E-state index in [0.717, 1.165) is 11.3 Å². The number of amides is 1. The molecular weight excluding hydrogens is 292 g/mol. The SMILES string of the molecule is COCCN(CCOC)CC(=O)Nc1cccc(Cl)c1C. The highest BCUT2D eigenvalue weighted by Gasteiger charge is 2.12. The van der Waals surface area contributed by atoms with Gasteiger partial charge in [-0.3, -0.25) is 9.69 Å². The van der Waals surface area contributed by atoms with E-state index in [2.05, 4.69) is 5.32 Å². The third-order valence-electron chi connectivity index (χ3n) is 3.13. The van der Waals surface area contributed by atoms with Crippen molar-refractivity contribution in [2.75, 3.05) is 52.4 Å². The normalized spacial score (nSPS) is 10.9. The molecule has 0 saturated carbocycles. The lowest BCUT2D eigenvalue weighted by molar-refractivity contribution is -0.117. The van der Waals surface area contributed by atoms with Crippen LogP contribution in [0.25, 0.3) is 0 Å². The fourth-order valence-electron chi connectivity index (χ4n) is 1.85. The summed E-state index contributed by atoms with van der Waals surface area (Å²) in [6.45, 7) is 4.69. The Balaban J connectivity index is 2.57. The Hall–Kier alpha value is -1.14. The highest BCUT2D eigenvalue weighted by Crippen LogP contribution is 2.22. The highest BCUT2D eigenvalue weighted by molar-refractivity contribution is 6.31. The number of carbonyl (C=O) groups excluding carboxylic acids is 1. The average molecular weight is 315 g/mol. The van der Waals surface area contributed by atoms with Gasteiger partial charge in [0.15, 0.2) is 0 Å². The lowest BCUT2D eigenvalue weighted by Gasteiger charge is -2.21. The van der Waals surface area contributed by atoms with Crippen molar-refractivity contribution in [2.45, 2.75) is 6.92 Å². The monoisotopic (exact) mass is 314 g/mol. The Morgan fingerprint density at radius 2 is 1.86 bits per heavy atom. The fourth-order valence-corrected chi connectivity index (χ4v) is 2.02. The van der Waals surface area contributed by atoms with Crippen molar-refractivity contribution in [1.82, 2.24) is 4.90 Å². The first-order chi connectivity index (χ1) is 10.1. The molecule has 0 aromatic heterocycles. The number of carbonyl (C=O) groups is 1. The van der Waals surface area contributed by atoms with E-state index in [0.29, 0.717) is 37.9 Å². The van der Waals surface area contributed by atoms with Gasteiger partial charge in [0.05, 0.1) is 19.8 Å². The van der Waals surface area contributed by atoms with Gasteiger partial charge in [0, 0.05) is 38.0 Å². The van der Waals surface area contributed by atoms with E-state index in [1.165, 1.54) is 0 Å². The van der Waals surface area contributed by atoms with Gasteiger partial charge in [-0.15, -0.1) is 0 Å². The van der Waals surface area contributed by atoms with Crippen LogP contribution in [0, 0.1) is 6.92 Å². The molecule has 0 heterocycles. The molecule has 0 atom stereocenters. The largest absolute Gasteiger partial charge is 0.383 e. The lowest BCUT2D eigenvalue weighted by atomic mass is 10.2. The smallest absolute Gasteiger partial charge is 0.238 e. The molecule has 5 nitrogen and oxygen atoms in total. The first-order valence-electron chi connectivity index (χ1n) is 6.83. The molecule has 0 bridgehead atoms. The summed E-state index contributed by atoms with van der Waals surface area (Å²) >= 11 is 6.05. The van der Waals surface area contributed by atoms with E-state index in [9.17, 15) is 4.79 Å². The molecule has 6 heteroatoms. The van der Waals surface area contributed by atoms with Crippen LogP contribution < -0.4 is 5.32 Å². The van der Waals surface area contributed by atoms with Crippen LogP contribution in [0.4, 0.5) is 5.69 Å². The molecule has 1 amide bonds. The second-order valence-electron chi connectivity index (χ2n) is 4.72.